The molecule has 10 aromatic rings. The summed E-state index contributed by atoms with van der Waals surface area (Å²) in [5.41, 5.74) is 11.2. The SMILES string of the molecule is CC1(C)CCC(CN2CCN(c3ccc(C(=O)NS(=O)(=O)c4cc5c(c([N+](=O)[O-])c4)C[C@H](CCN4CCS(=O)(=NC6CC6)CC4)CO5)c(Oc4cnc5[nH]ccc5c4)c3)CC2)=C(c2ccc(Cl)cc2)C1.CCN=S1(=O)CCN(CC[C@@H]2COc3cc(S(=O)(=O)NC(=O)c4ccc(N5CCN(CC6=C(c7ccc(Cl)cc7)CC(C)(C)CC6)CC5)cc4Oc4cnc5[nH]ccc5c4)cc([N+](=O)[O-])c3C2)CC1. The molecule has 139 heavy (non-hydrogen) atoms. The summed E-state index contributed by atoms with van der Waals surface area (Å²) in [6.07, 6.45) is 17.0. The molecular formula is C101H118Cl2N16O16S4. The number of sulfonamides is 2. The molecule has 19 rings (SSSR count). The second kappa shape index (κ2) is 41.2. The van der Waals surface area contributed by atoms with Crippen LogP contribution >= 0.6 is 23.2 Å². The monoisotopic (exact) mass is 2010 g/mol. The Balaban J connectivity index is 0.000000184. The molecule has 2 amide bonds. The van der Waals surface area contributed by atoms with E-state index < -0.39 is 82.3 Å². The molecule has 9 aliphatic rings. The van der Waals surface area contributed by atoms with Gasteiger partial charge in [0, 0.05) is 222 Å². The fraction of sp³-hybridized carbons (Fsp3) is 0.446. The number of halogens is 2. The summed E-state index contributed by atoms with van der Waals surface area (Å²) in [6, 6.07) is 38.4. The van der Waals surface area contributed by atoms with Gasteiger partial charge in [0.1, 0.15) is 45.8 Å². The first-order chi connectivity index (χ1) is 66.6. The molecule has 1 saturated carbocycles. The Morgan fingerprint density at radius 2 is 0.950 bits per heavy atom. The zero-order valence-corrected chi connectivity index (χ0v) is 83.6. The molecule has 5 fully saturated rings. The minimum atomic E-state index is -4.66. The molecule has 736 valence electrons. The van der Waals surface area contributed by atoms with Crippen molar-refractivity contribution in [3.8, 4) is 34.5 Å². The Morgan fingerprint density at radius 1 is 0.540 bits per heavy atom. The predicted molar refractivity (Wildman–Crippen MR) is 542 cm³/mol. The molecule has 4 saturated heterocycles. The summed E-state index contributed by atoms with van der Waals surface area (Å²) in [6.45, 7) is 24.2. The highest BCUT2D eigenvalue weighted by Crippen LogP contribution is 2.48. The summed E-state index contributed by atoms with van der Waals surface area (Å²) in [5, 5.41) is 28.0. The van der Waals surface area contributed by atoms with E-state index in [1.54, 1.807) is 60.9 Å². The number of H-pyrrole nitrogens is 2. The van der Waals surface area contributed by atoms with Crippen LogP contribution in [0.1, 0.15) is 142 Å². The number of carbonyl (C=O) groups is 2. The van der Waals surface area contributed by atoms with E-state index in [0.29, 0.717) is 148 Å². The molecule has 0 radical (unpaired) electrons. The first kappa shape index (κ1) is 98.1. The van der Waals surface area contributed by atoms with E-state index in [-0.39, 0.29) is 76.0 Å². The van der Waals surface area contributed by atoms with Gasteiger partial charge in [0.25, 0.3) is 43.2 Å². The van der Waals surface area contributed by atoms with Crippen LogP contribution in [0.25, 0.3) is 33.2 Å². The van der Waals surface area contributed by atoms with Crippen molar-refractivity contribution >= 4 is 130 Å². The first-order valence-corrected chi connectivity index (χ1v) is 55.3. The van der Waals surface area contributed by atoms with Gasteiger partial charge in [-0.1, -0.05) is 86.3 Å². The number of nitro benzene ring substituents is 2. The van der Waals surface area contributed by atoms with E-state index in [9.17, 15) is 55.1 Å². The number of fused-ring (bicyclic) bond motifs is 4. The third-order valence-electron chi connectivity index (χ3n) is 28.3. The van der Waals surface area contributed by atoms with Gasteiger partial charge in [-0.25, -0.2) is 53.4 Å². The molecule has 4 aromatic heterocycles. The number of anilines is 2. The van der Waals surface area contributed by atoms with Gasteiger partial charge in [-0.05, 0) is 215 Å². The van der Waals surface area contributed by atoms with Crippen molar-refractivity contribution in [3.05, 3.63) is 233 Å². The molecule has 2 atom stereocenters. The number of aromatic nitrogens is 4. The highest BCUT2D eigenvalue weighted by molar-refractivity contribution is 7.94. The highest BCUT2D eigenvalue weighted by Gasteiger charge is 2.39. The summed E-state index contributed by atoms with van der Waals surface area (Å²) in [7, 11) is -13.6. The van der Waals surface area contributed by atoms with Crippen molar-refractivity contribution in [3.63, 3.8) is 0 Å². The van der Waals surface area contributed by atoms with Gasteiger partial charge in [-0.15, -0.1) is 0 Å². The summed E-state index contributed by atoms with van der Waals surface area (Å²) in [4.78, 5) is 80.0. The van der Waals surface area contributed by atoms with E-state index in [1.807, 2.05) is 43.3 Å². The van der Waals surface area contributed by atoms with Gasteiger partial charge >= 0.3 is 0 Å². The lowest BCUT2D eigenvalue weighted by molar-refractivity contribution is -0.386. The van der Waals surface area contributed by atoms with E-state index in [4.69, 9.17) is 42.1 Å². The van der Waals surface area contributed by atoms with Gasteiger partial charge in [0.2, 0.25) is 0 Å². The van der Waals surface area contributed by atoms with E-state index in [0.717, 1.165) is 142 Å². The van der Waals surface area contributed by atoms with Crippen LogP contribution in [0.5, 0.6) is 34.5 Å². The number of pyridine rings is 2. The number of hydrogen-bond acceptors (Lipinski definition) is 26. The van der Waals surface area contributed by atoms with Gasteiger partial charge in [0.15, 0.2) is 0 Å². The number of nitrogens with one attached hydrogen (secondary N) is 4. The third-order valence-corrected chi connectivity index (χ3v) is 36.1. The van der Waals surface area contributed by atoms with E-state index >= 15 is 0 Å². The van der Waals surface area contributed by atoms with Gasteiger partial charge in [0.05, 0.1) is 73.5 Å². The number of aromatic amines is 2. The molecule has 6 aliphatic heterocycles. The minimum absolute atomic E-state index is 0.0461. The normalized spacial score (nSPS) is 20.2. The number of piperazine rings is 2. The standard InChI is InChI=1S/C51H59ClN8O8S2.C50H59ClN8O8S2/c1-51(2)14-11-37(45(30-51)35-3-5-38(52)6-4-35)32-58-17-19-59(20-18-58)40-9-10-43(48(27-40)68-41-26-36-12-15-53-49(36)54-31-41)50(61)56-70(65,66)42-28-46(60(62)63)44-25-34(33-67-47(44)29-42)13-16-57-21-23-69(64,24-22-57)55-39-7-8-39;1-4-54-68(63)23-21-56(22-24-68)16-13-34-25-43-45(59(61)62)28-41(29-46(43)66-33-34)69(64,65)55-49(60)42-10-9-39(27-47(42)67-40-26-36-12-15-52-48(36)53-31-40)58-19-17-57(18-20-58)32-37-11-14-50(2,3)30-44(37)35-5-7-38(51)8-6-35/h3-6,9-10,12,15,26-29,31,34,39H,7-8,11,13-14,16-25,30,32-33H2,1-2H3,(H,53,54)(H,56,61);5-10,12,15,26-29,31,34H,4,11,13-14,16-25,30,32-33H2,1-3H3,(H,52,53)(H,55,60)/t2*34-/m00/s1. The van der Waals surface area contributed by atoms with Crippen LogP contribution in [-0.4, -0.2) is 240 Å². The van der Waals surface area contributed by atoms with Crippen LogP contribution in [0.4, 0.5) is 22.7 Å². The molecule has 4 N–H and O–H groups in total. The maximum absolute atomic E-state index is 14.1. The lowest BCUT2D eigenvalue weighted by Crippen LogP contribution is -2.47. The lowest BCUT2D eigenvalue weighted by Gasteiger charge is -2.39. The summed E-state index contributed by atoms with van der Waals surface area (Å²) >= 11 is 12.5. The lowest BCUT2D eigenvalue weighted by atomic mass is 9.72. The highest BCUT2D eigenvalue weighted by atomic mass is 35.5. The van der Waals surface area contributed by atoms with Gasteiger partial charge in [-0.3, -0.25) is 39.6 Å². The van der Waals surface area contributed by atoms with Crippen molar-refractivity contribution in [1.29, 1.82) is 0 Å². The van der Waals surface area contributed by atoms with Crippen LogP contribution in [0.3, 0.4) is 0 Å². The molecule has 38 heteroatoms. The van der Waals surface area contributed by atoms with Crippen molar-refractivity contribution < 1.29 is 63.6 Å². The topological polar surface area (TPSA) is 385 Å². The van der Waals surface area contributed by atoms with Crippen LogP contribution in [-0.2, 0) is 52.3 Å². The maximum atomic E-state index is 14.1. The summed E-state index contributed by atoms with van der Waals surface area (Å²) < 4.78 is 120. The molecule has 6 aromatic carbocycles. The average Bonchev–Trinajstić information content (AvgIpc) is 1.40. The third kappa shape index (κ3) is 23.7. The fourth-order valence-electron chi connectivity index (χ4n) is 20.0. The zero-order chi connectivity index (χ0) is 97.3. The van der Waals surface area contributed by atoms with Gasteiger partial charge < -0.3 is 48.5 Å². The Hall–Kier alpha value is -11.1. The van der Waals surface area contributed by atoms with Crippen LogP contribution in [0, 0.1) is 42.9 Å². The number of carbonyl (C=O) groups excluding carboxylic acids is 2. The second-order valence-corrected chi connectivity index (χ2v) is 48.9. The molecule has 10 heterocycles. The fourth-order valence-corrected chi connectivity index (χ4v) is 26.6. The van der Waals surface area contributed by atoms with Crippen LogP contribution in [0.15, 0.2) is 188 Å². The quantitative estimate of drug-likeness (QED) is 0.0261. The molecule has 3 aliphatic carbocycles. The van der Waals surface area contributed by atoms with Crippen molar-refractivity contribution in [2.75, 3.05) is 157 Å². The van der Waals surface area contributed by atoms with E-state index in [2.05, 4.69) is 119 Å². The number of allylic oxidation sites excluding steroid dienone is 2. The largest absolute Gasteiger partial charge is 0.493 e. The Bertz CT molecular complexity index is 6930. The second-order valence-electron chi connectivity index (χ2n) is 39.5. The molecule has 0 bridgehead atoms. The minimum Gasteiger partial charge on any atom is -0.493 e. The number of amides is 2. The number of nitrogens with zero attached hydrogens (tertiary/aromatic N) is 12. The smallest absolute Gasteiger partial charge is 0.277 e. The van der Waals surface area contributed by atoms with Crippen LogP contribution in [0.2, 0.25) is 10.0 Å². The Labute approximate surface area is 821 Å². The van der Waals surface area contributed by atoms with E-state index in [1.165, 1.54) is 57.9 Å². The first-order valence-electron chi connectivity index (χ1n) is 47.8. The Kier molecular flexibility index (Phi) is 29.1. The van der Waals surface area contributed by atoms with Crippen molar-refractivity contribution in [2.45, 2.75) is 128 Å². The molecular weight excluding hydrogens is 1890 g/mol. The number of benzene rings is 6. The molecule has 0 unspecified atom stereocenters. The maximum Gasteiger partial charge on any atom is 0.277 e. The number of nitro groups is 2. The number of rotatable bonds is 28. The Morgan fingerprint density at radius 3 is 1.35 bits per heavy atom. The predicted octanol–water partition coefficient (Wildman–Crippen LogP) is 17.3. The van der Waals surface area contributed by atoms with Crippen molar-refractivity contribution in [2.24, 2.45) is 31.4 Å². The van der Waals surface area contributed by atoms with Crippen LogP contribution < -0.4 is 38.2 Å². The molecule has 0 spiro atoms. The summed E-state index contributed by atoms with van der Waals surface area (Å²) in [5.74, 6) is 1.21. The number of hydrogen-bond donors (Lipinski definition) is 4. The zero-order valence-electron chi connectivity index (χ0n) is 78.8. The van der Waals surface area contributed by atoms with Gasteiger partial charge in [-0.2, -0.15) is 0 Å². The van der Waals surface area contributed by atoms with Crippen molar-refractivity contribution in [1.82, 2.24) is 49.0 Å². The number of ether oxygens (including phenoxy) is 4. The average molecular weight is 2010 g/mol. The molecule has 32 nitrogen and oxygen atoms in total.